The van der Waals surface area contributed by atoms with Crippen LogP contribution in [-0.2, 0) is 4.79 Å². The van der Waals surface area contributed by atoms with Crippen LogP contribution in [0.15, 0.2) is 23.1 Å². The first-order chi connectivity index (χ1) is 9.72. The molecule has 1 aromatic rings. The molecule has 5 nitrogen and oxygen atoms in total. The molecule has 0 aromatic heterocycles. The van der Waals surface area contributed by atoms with Gasteiger partial charge in [0.1, 0.15) is 0 Å². The Bertz CT molecular complexity index is 466. The lowest BCUT2D eigenvalue weighted by atomic mass is 10.1. The van der Waals surface area contributed by atoms with Crippen molar-refractivity contribution in [2.75, 3.05) is 6.79 Å². The molecule has 0 fully saturated rings. The molecule has 0 spiro atoms. The number of hydrogen-bond acceptors (Lipinski definition) is 5. The molecule has 2 N–H and O–H groups in total. The van der Waals surface area contributed by atoms with Gasteiger partial charge in [0.15, 0.2) is 11.5 Å². The number of rotatable bonds is 7. The summed E-state index contributed by atoms with van der Waals surface area (Å²) in [4.78, 5) is 12.1. The topological polar surface area (TPSA) is 67.8 Å². The van der Waals surface area contributed by atoms with Crippen LogP contribution >= 0.6 is 11.8 Å². The van der Waals surface area contributed by atoms with E-state index in [0.29, 0.717) is 11.7 Å². The predicted octanol–water partition coefficient (Wildman–Crippen LogP) is 2.96. The zero-order valence-electron chi connectivity index (χ0n) is 11.4. The summed E-state index contributed by atoms with van der Waals surface area (Å²) < 4.78 is 10.7. The van der Waals surface area contributed by atoms with Gasteiger partial charge in [-0.05, 0) is 37.5 Å². The van der Waals surface area contributed by atoms with Crippen LogP contribution in [0.3, 0.4) is 0 Å². The maximum absolute atomic E-state index is 11.0. The predicted molar refractivity (Wildman–Crippen MR) is 76.3 cm³/mol. The van der Waals surface area contributed by atoms with E-state index in [1.54, 1.807) is 17.2 Å². The maximum atomic E-state index is 11.0. The van der Waals surface area contributed by atoms with E-state index in [1.165, 1.54) is 0 Å². The summed E-state index contributed by atoms with van der Waals surface area (Å²) in [5.41, 5.74) is 1.66. The third-order valence-corrected chi connectivity index (χ3v) is 4.59. The van der Waals surface area contributed by atoms with Gasteiger partial charge in [-0.15, -0.1) is 11.8 Å². The lowest BCUT2D eigenvalue weighted by Crippen LogP contribution is -2.18. The number of carbonyl (C=O) groups is 1. The second kappa shape index (κ2) is 7.40. The SMILES string of the molecule is CCC(CCCC(=O)NO)Sc1ccc2c(c1)OCO2. The summed E-state index contributed by atoms with van der Waals surface area (Å²) in [6.07, 6.45) is 3.08. The van der Waals surface area contributed by atoms with Gasteiger partial charge in [-0.1, -0.05) is 6.92 Å². The average molecular weight is 297 g/mol. The number of thioether (sulfide) groups is 1. The Morgan fingerprint density at radius 1 is 1.45 bits per heavy atom. The summed E-state index contributed by atoms with van der Waals surface area (Å²) in [5, 5.41) is 8.90. The Morgan fingerprint density at radius 2 is 2.25 bits per heavy atom. The van der Waals surface area contributed by atoms with E-state index < -0.39 is 0 Å². The smallest absolute Gasteiger partial charge is 0.243 e. The van der Waals surface area contributed by atoms with Crippen molar-refractivity contribution in [1.82, 2.24) is 5.48 Å². The standard InChI is InChI=1S/C14H19NO4S/c1-2-10(4-3-5-14(16)15-17)20-11-6-7-12-13(8-11)19-9-18-12/h6-8,10,17H,2-5,9H2,1H3,(H,15,16). The van der Waals surface area contributed by atoms with E-state index in [4.69, 9.17) is 14.7 Å². The summed E-state index contributed by atoms with van der Waals surface area (Å²) in [7, 11) is 0. The third kappa shape index (κ3) is 4.05. The number of hydroxylamine groups is 1. The van der Waals surface area contributed by atoms with Gasteiger partial charge in [0, 0.05) is 16.6 Å². The molecule has 1 aliphatic heterocycles. The minimum Gasteiger partial charge on any atom is -0.454 e. The van der Waals surface area contributed by atoms with Gasteiger partial charge >= 0.3 is 0 Å². The molecule has 1 unspecified atom stereocenters. The van der Waals surface area contributed by atoms with Crippen molar-refractivity contribution in [3.63, 3.8) is 0 Å². The number of amides is 1. The molecule has 1 amide bonds. The van der Waals surface area contributed by atoms with Crippen LogP contribution in [0.5, 0.6) is 11.5 Å². The van der Waals surface area contributed by atoms with E-state index in [0.717, 1.165) is 35.7 Å². The fraction of sp³-hybridized carbons (Fsp3) is 0.500. The summed E-state index contributed by atoms with van der Waals surface area (Å²) >= 11 is 1.78. The first-order valence-corrected chi connectivity index (χ1v) is 7.60. The van der Waals surface area contributed by atoms with Gasteiger partial charge in [0.2, 0.25) is 12.7 Å². The average Bonchev–Trinajstić information content (AvgIpc) is 2.93. The third-order valence-electron chi connectivity index (χ3n) is 3.16. The lowest BCUT2D eigenvalue weighted by Gasteiger charge is -2.14. The Labute approximate surface area is 122 Å². The molecule has 6 heteroatoms. The van der Waals surface area contributed by atoms with Crippen LogP contribution in [0.1, 0.15) is 32.6 Å². The van der Waals surface area contributed by atoms with Crippen LogP contribution < -0.4 is 15.0 Å². The van der Waals surface area contributed by atoms with Crippen LogP contribution in [0, 0.1) is 0 Å². The van der Waals surface area contributed by atoms with Gasteiger partial charge in [-0.2, -0.15) is 0 Å². The van der Waals surface area contributed by atoms with Gasteiger partial charge in [-0.3, -0.25) is 10.0 Å². The number of benzene rings is 1. The molecule has 0 saturated heterocycles. The second-order valence-corrected chi connectivity index (χ2v) is 5.96. The van der Waals surface area contributed by atoms with Gasteiger partial charge in [0.25, 0.3) is 0 Å². The zero-order chi connectivity index (χ0) is 14.4. The monoisotopic (exact) mass is 297 g/mol. The van der Waals surface area contributed by atoms with Crippen molar-refractivity contribution >= 4 is 17.7 Å². The first kappa shape index (κ1) is 15.0. The normalized spacial score (nSPS) is 14.1. The molecule has 1 heterocycles. The second-order valence-electron chi connectivity index (χ2n) is 4.59. The van der Waals surface area contributed by atoms with E-state index in [1.807, 2.05) is 18.2 Å². The highest BCUT2D eigenvalue weighted by Gasteiger charge is 2.15. The van der Waals surface area contributed by atoms with Crippen LogP contribution in [0.2, 0.25) is 0 Å². The summed E-state index contributed by atoms with van der Waals surface area (Å²) in [6.45, 7) is 2.42. The van der Waals surface area contributed by atoms with E-state index >= 15 is 0 Å². The molecule has 1 aromatic carbocycles. The molecular weight excluding hydrogens is 278 g/mol. The zero-order valence-corrected chi connectivity index (χ0v) is 12.2. The molecule has 0 radical (unpaired) electrons. The van der Waals surface area contributed by atoms with E-state index in [-0.39, 0.29) is 12.7 Å². The molecule has 110 valence electrons. The van der Waals surface area contributed by atoms with Crippen molar-refractivity contribution in [2.45, 2.75) is 42.8 Å². The fourth-order valence-corrected chi connectivity index (χ4v) is 3.19. The number of hydrogen-bond donors (Lipinski definition) is 2. The highest BCUT2D eigenvalue weighted by Crippen LogP contribution is 2.38. The highest BCUT2D eigenvalue weighted by molar-refractivity contribution is 8.00. The lowest BCUT2D eigenvalue weighted by molar-refractivity contribution is -0.129. The number of carbonyl (C=O) groups excluding carboxylic acids is 1. The Balaban J connectivity index is 1.85. The molecular formula is C14H19NO4S. The quantitative estimate of drug-likeness (QED) is 0.460. The number of ether oxygens (including phenoxy) is 2. The number of fused-ring (bicyclic) bond motifs is 1. The molecule has 0 saturated carbocycles. The highest BCUT2D eigenvalue weighted by atomic mass is 32.2. The van der Waals surface area contributed by atoms with Crippen LogP contribution in [0.4, 0.5) is 0 Å². The van der Waals surface area contributed by atoms with Gasteiger partial charge in [0.05, 0.1) is 0 Å². The van der Waals surface area contributed by atoms with Crippen LogP contribution in [0.25, 0.3) is 0 Å². The molecule has 0 aliphatic carbocycles. The Hall–Kier alpha value is -1.40. The van der Waals surface area contributed by atoms with E-state index in [9.17, 15) is 4.79 Å². The fourth-order valence-electron chi connectivity index (χ4n) is 2.04. The van der Waals surface area contributed by atoms with Crippen molar-refractivity contribution in [2.24, 2.45) is 0 Å². The van der Waals surface area contributed by atoms with Crippen LogP contribution in [-0.4, -0.2) is 23.2 Å². The Kier molecular flexibility index (Phi) is 5.55. The Morgan fingerprint density at radius 3 is 3.00 bits per heavy atom. The summed E-state index contributed by atoms with van der Waals surface area (Å²) in [6, 6.07) is 5.95. The minimum absolute atomic E-state index is 0.289. The largest absolute Gasteiger partial charge is 0.454 e. The maximum Gasteiger partial charge on any atom is 0.243 e. The number of nitrogens with one attached hydrogen (secondary N) is 1. The molecule has 1 atom stereocenters. The molecule has 2 rings (SSSR count). The van der Waals surface area contributed by atoms with Crippen molar-refractivity contribution in [3.05, 3.63) is 18.2 Å². The summed E-state index contributed by atoms with van der Waals surface area (Å²) in [5.74, 6) is 1.26. The van der Waals surface area contributed by atoms with Crippen molar-refractivity contribution in [3.8, 4) is 11.5 Å². The molecule has 20 heavy (non-hydrogen) atoms. The minimum atomic E-state index is -0.326. The molecule has 1 aliphatic rings. The molecule has 0 bridgehead atoms. The van der Waals surface area contributed by atoms with Gasteiger partial charge in [-0.25, -0.2) is 5.48 Å². The van der Waals surface area contributed by atoms with Crippen molar-refractivity contribution in [1.29, 1.82) is 0 Å². The van der Waals surface area contributed by atoms with Gasteiger partial charge < -0.3 is 9.47 Å². The first-order valence-electron chi connectivity index (χ1n) is 6.72. The van der Waals surface area contributed by atoms with Crippen molar-refractivity contribution < 1.29 is 19.5 Å². The van der Waals surface area contributed by atoms with E-state index in [2.05, 4.69) is 6.92 Å².